The van der Waals surface area contributed by atoms with Crippen LogP contribution in [0.5, 0.6) is 5.75 Å². The number of nitrogens with zero attached hydrogens (tertiary/aromatic N) is 1. The summed E-state index contributed by atoms with van der Waals surface area (Å²) in [6.45, 7) is 0. The third-order valence-electron chi connectivity index (χ3n) is 3.22. The number of carbonyl (C=O) groups excluding carboxylic acids is 1. The summed E-state index contributed by atoms with van der Waals surface area (Å²) in [6.07, 6.45) is 4.09. The van der Waals surface area contributed by atoms with E-state index < -0.39 is 16.0 Å². The molecule has 3 rings (SSSR count). The number of aryl methyl sites for hydroxylation is 2. The molecule has 8 heteroatoms. The Balaban J connectivity index is 1.87. The molecule has 0 radical (unpaired) electrons. The van der Waals surface area contributed by atoms with Gasteiger partial charge >= 0.3 is 10.1 Å². The van der Waals surface area contributed by atoms with Crippen molar-refractivity contribution in [1.29, 1.82) is 0 Å². The van der Waals surface area contributed by atoms with Crippen molar-refractivity contribution >= 4 is 27.4 Å². The average molecular weight is 324 g/mol. The van der Waals surface area contributed by atoms with Gasteiger partial charge in [0.1, 0.15) is 5.75 Å². The zero-order valence-corrected chi connectivity index (χ0v) is 12.5. The van der Waals surface area contributed by atoms with Crippen LogP contribution >= 0.6 is 11.3 Å². The second-order valence-corrected chi connectivity index (χ2v) is 7.47. The molecule has 0 aliphatic heterocycles. The summed E-state index contributed by atoms with van der Waals surface area (Å²) in [7, 11) is -4.00. The van der Waals surface area contributed by atoms with Crippen LogP contribution in [0.25, 0.3) is 0 Å². The highest BCUT2D eigenvalue weighted by Crippen LogP contribution is 2.28. The molecule has 0 atom stereocenters. The van der Waals surface area contributed by atoms with Gasteiger partial charge in [0.2, 0.25) is 0 Å². The number of primary amides is 1. The maximum atomic E-state index is 12.1. The standard InChI is InChI=1S/C13H12N2O4S2/c14-12(16)13-15-7-11(20-13)21(17,18)19-10-5-4-8-2-1-3-9(8)6-10/h4-7H,1-3H2,(H2,14,16). The lowest BCUT2D eigenvalue weighted by molar-refractivity contribution is 0.1000. The van der Waals surface area contributed by atoms with Gasteiger partial charge in [0.05, 0.1) is 6.20 Å². The van der Waals surface area contributed by atoms with E-state index in [-0.39, 0.29) is 15.0 Å². The largest absolute Gasteiger partial charge is 0.378 e. The highest BCUT2D eigenvalue weighted by Gasteiger charge is 2.22. The fraction of sp³-hybridized carbons (Fsp3) is 0.231. The van der Waals surface area contributed by atoms with Gasteiger partial charge in [-0.1, -0.05) is 17.4 Å². The van der Waals surface area contributed by atoms with Crippen LogP contribution in [-0.4, -0.2) is 19.3 Å². The van der Waals surface area contributed by atoms with Crippen molar-refractivity contribution in [3.63, 3.8) is 0 Å². The van der Waals surface area contributed by atoms with E-state index in [9.17, 15) is 13.2 Å². The molecule has 0 saturated heterocycles. The van der Waals surface area contributed by atoms with Gasteiger partial charge in [-0.2, -0.15) is 8.42 Å². The fourth-order valence-electron chi connectivity index (χ4n) is 2.26. The van der Waals surface area contributed by atoms with Gasteiger partial charge in [-0.05, 0) is 42.5 Å². The number of rotatable bonds is 4. The summed E-state index contributed by atoms with van der Waals surface area (Å²) in [5.74, 6) is -0.497. The minimum absolute atomic E-state index is 0.0638. The molecule has 6 nitrogen and oxygen atoms in total. The highest BCUT2D eigenvalue weighted by molar-refractivity contribution is 7.89. The van der Waals surface area contributed by atoms with E-state index in [1.165, 1.54) is 5.56 Å². The minimum atomic E-state index is -4.00. The molecular formula is C13H12N2O4S2. The van der Waals surface area contributed by atoms with E-state index in [1.54, 1.807) is 12.1 Å². The van der Waals surface area contributed by atoms with Crippen LogP contribution in [0.1, 0.15) is 27.3 Å². The van der Waals surface area contributed by atoms with Gasteiger partial charge in [0.25, 0.3) is 5.91 Å². The Morgan fingerprint density at radius 3 is 2.76 bits per heavy atom. The van der Waals surface area contributed by atoms with Crippen LogP contribution in [0.15, 0.2) is 28.6 Å². The second-order valence-electron chi connectivity index (χ2n) is 4.67. The molecule has 1 amide bonds. The summed E-state index contributed by atoms with van der Waals surface area (Å²) in [5.41, 5.74) is 7.40. The molecule has 2 aromatic rings. The van der Waals surface area contributed by atoms with Crippen molar-refractivity contribution in [1.82, 2.24) is 4.98 Å². The maximum absolute atomic E-state index is 12.1. The Hall–Kier alpha value is -1.93. The molecule has 0 bridgehead atoms. The number of thiazole rings is 1. The predicted molar refractivity (Wildman–Crippen MR) is 76.9 cm³/mol. The molecule has 1 aromatic heterocycles. The normalized spacial score (nSPS) is 13.9. The Bertz CT molecular complexity index is 811. The van der Waals surface area contributed by atoms with Crippen molar-refractivity contribution in [2.45, 2.75) is 23.5 Å². The number of hydrogen-bond donors (Lipinski definition) is 1. The SMILES string of the molecule is NC(=O)c1ncc(S(=O)(=O)Oc2ccc3c(c2)CCC3)s1. The molecule has 21 heavy (non-hydrogen) atoms. The van der Waals surface area contributed by atoms with Crippen LogP contribution < -0.4 is 9.92 Å². The van der Waals surface area contributed by atoms with Crippen molar-refractivity contribution in [2.24, 2.45) is 5.73 Å². The molecule has 0 spiro atoms. The molecular weight excluding hydrogens is 312 g/mol. The molecule has 1 heterocycles. The summed E-state index contributed by atoms with van der Waals surface area (Å²) in [6, 6.07) is 5.27. The Morgan fingerprint density at radius 2 is 2.05 bits per heavy atom. The Morgan fingerprint density at radius 1 is 1.29 bits per heavy atom. The topological polar surface area (TPSA) is 99.4 Å². The molecule has 1 aliphatic carbocycles. The van der Waals surface area contributed by atoms with Crippen LogP contribution in [-0.2, 0) is 23.0 Å². The number of amides is 1. The summed E-state index contributed by atoms with van der Waals surface area (Å²) in [4.78, 5) is 14.6. The van der Waals surface area contributed by atoms with Gasteiger partial charge < -0.3 is 9.92 Å². The Labute approximate surface area is 125 Å². The van der Waals surface area contributed by atoms with E-state index in [4.69, 9.17) is 9.92 Å². The van der Waals surface area contributed by atoms with Gasteiger partial charge in [-0.3, -0.25) is 4.79 Å². The maximum Gasteiger partial charge on any atom is 0.350 e. The number of benzene rings is 1. The van der Waals surface area contributed by atoms with Crippen LogP contribution in [0.3, 0.4) is 0 Å². The van der Waals surface area contributed by atoms with Crippen molar-refractivity contribution in [3.8, 4) is 5.75 Å². The van der Waals surface area contributed by atoms with E-state index in [1.807, 2.05) is 6.07 Å². The van der Waals surface area contributed by atoms with Gasteiger partial charge in [0, 0.05) is 0 Å². The number of hydrogen-bond acceptors (Lipinski definition) is 6. The first-order valence-corrected chi connectivity index (χ1v) is 8.50. The first kappa shape index (κ1) is 14.0. The van der Waals surface area contributed by atoms with E-state index in [0.717, 1.165) is 31.0 Å². The van der Waals surface area contributed by atoms with E-state index in [0.29, 0.717) is 11.3 Å². The first-order valence-electron chi connectivity index (χ1n) is 6.27. The third-order valence-corrected chi connectivity index (χ3v) is 5.90. The third kappa shape index (κ3) is 2.77. The average Bonchev–Trinajstić information content (AvgIpc) is 3.07. The monoisotopic (exact) mass is 324 g/mol. The zero-order chi connectivity index (χ0) is 15.0. The lowest BCUT2D eigenvalue weighted by atomic mass is 10.1. The predicted octanol–water partition coefficient (Wildman–Crippen LogP) is 1.50. The number of fused-ring (bicyclic) bond motifs is 1. The molecule has 1 aromatic carbocycles. The number of nitrogens with two attached hydrogens (primary N) is 1. The molecule has 0 unspecified atom stereocenters. The van der Waals surface area contributed by atoms with Crippen molar-refractivity contribution < 1.29 is 17.4 Å². The van der Waals surface area contributed by atoms with Crippen LogP contribution in [0.4, 0.5) is 0 Å². The quantitative estimate of drug-likeness (QED) is 0.859. The smallest absolute Gasteiger partial charge is 0.350 e. The van der Waals surface area contributed by atoms with Crippen molar-refractivity contribution in [3.05, 3.63) is 40.5 Å². The highest BCUT2D eigenvalue weighted by atomic mass is 32.3. The minimum Gasteiger partial charge on any atom is -0.378 e. The number of carbonyl (C=O) groups is 1. The number of aromatic nitrogens is 1. The molecule has 0 fully saturated rings. The molecule has 1 aliphatic rings. The fourth-order valence-corrected chi connectivity index (χ4v) is 4.13. The van der Waals surface area contributed by atoms with Gasteiger partial charge in [0.15, 0.2) is 9.22 Å². The van der Waals surface area contributed by atoms with Gasteiger partial charge in [-0.25, -0.2) is 4.98 Å². The zero-order valence-electron chi connectivity index (χ0n) is 10.9. The summed E-state index contributed by atoms with van der Waals surface area (Å²) in [5, 5.41) is -0.0638. The van der Waals surface area contributed by atoms with E-state index >= 15 is 0 Å². The lowest BCUT2D eigenvalue weighted by Gasteiger charge is -2.06. The Kier molecular flexibility index (Phi) is 3.42. The molecule has 0 saturated carbocycles. The van der Waals surface area contributed by atoms with Crippen LogP contribution in [0.2, 0.25) is 0 Å². The van der Waals surface area contributed by atoms with Gasteiger partial charge in [-0.15, -0.1) is 0 Å². The molecule has 2 N–H and O–H groups in total. The van der Waals surface area contributed by atoms with Crippen LogP contribution in [0, 0.1) is 0 Å². The van der Waals surface area contributed by atoms with Crippen molar-refractivity contribution in [2.75, 3.05) is 0 Å². The lowest BCUT2D eigenvalue weighted by Crippen LogP contribution is -2.10. The summed E-state index contributed by atoms with van der Waals surface area (Å²) >= 11 is 0.694. The second kappa shape index (κ2) is 5.12. The first-order chi connectivity index (χ1) is 9.95. The molecule has 110 valence electrons. The summed E-state index contributed by atoms with van der Waals surface area (Å²) < 4.78 is 29.2. The van der Waals surface area contributed by atoms with E-state index in [2.05, 4.69) is 4.98 Å².